The molecule has 19 heavy (non-hydrogen) atoms. The molecule has 0 radical (unpaired) electrons. The fourth-order valence-electron chi connectivity index (χ4n) is 1.93. The molecule has 100 valence electrons. The van der Waals surface area contributed by atoms with Gasteiger partial charge in [0.05, 0.1) is 13.7 Å². The molecular formula is C15H16BrNO2. The monoisotopic (exact) mass is 321 g/mol. The van der Waals surface area contributed by atoms with Crippen molar-refractivity contribution in [1.29, 1.82) is 0 Å². The smallest absolute Gasteiger partial charge is 0.119 e. The summed E-state index contributed by atoms with van der Waals surface area (Å²) in [7, 11) is 3.62. The van der Waals surface area contributed by atoms with Crippen LogP contribution < -0.4 is 9.64 Å². The number of anilines is 2. The Morgan fingerprint density at radius 1 is 1.16 bits per heavy atom. The number of nitrogens with zero attached hydrogens (tertiary/aromatic N) is 1. The van der Waals surface area contributed by atoms with Gasteiger partial charge in [-0.25, -0.2) is 0 Å². The normalized spacial score (nSPS) is 10.3. The second kappa shape index (κ2) is 6.08. The molecule has 4 heteroatoms. The van der Waals surface area contributed by atoms with Gasteiger partial charge in [0.1, 0.15) is 5.75 Å². The quantitative estimate of drug-likeness (QED) is 0.931. The second-order valence-corrected chi connectivity index (χ2v) is 5.10. The van der Waals surface area contributed by atoms with E-state index in [0.29, 0.717) is 0 Å². The Balaban J connectivity index is 2.36. The Bertz CT molecular complexity index is 555. The zero-order valence-electron chi connectivity index (χ0n) is 10.9. The zero-order chi connectivity index (χ0) is 13.8. The van der Waals surface area contributed by atoms with E-state index in [1.165, 1.54) is 0 Å². The molecule has 0 bridgehead atoms. The highest BCUT2D eigenvalue weighted by atomic mass is 79.9. The van der Waals surface area contributed by atoms with Gasteiger partial charge in [-0.15, -0.1) is 0 Å². The van der Waals surface area contributed by atoms with Crippen LogP contribution in [0.4, 0.5) is 11.4 Å². The van der Waals surface area contributed by atoms with Crippen LogP contribution >= 0.6 is 15.9 Å². The number of hydrogen-bond acceptors (Lipinski definition) is 3. The van der Waals surface area contributed by atoms with Gasteiger partial charge in [-0.1, -0.05) is 22.0 Å². The van der Waals surface area contributed by atoms with Crippen LogP contribution in [0.15, 0.2) is 46.9 Å². The second-order valence-electron chi connectivity index (χ2n) is 4.19. The predicted octanol–water partition coefficient (Wildman–Crippen LogP) is 3.72. The van der Waals surface area contributed by atoms with Gasteiger partial charge in [0.25, 0.3) is 0 Å². The number of methoxy groups -OCH3 is 1. The first-order valence-corrected chi connectivity index (χ1v) is 6.72. The Hall–Kier alpha value is -1.52. The fraction of sp³-hybridized carbons (Fsp3) is 0.200. The van der Waals surface area contributed by atoms with E-state index >= 15 is 0 Å². The molecule has 3 nitrogen and oxygen atoms in total. The average molecular weight is 322 g/mol. The van der Waals surface area contributed by atoms with E-state index in [-0.39, 0.29) is 6.61 Å². The van der Waals surface area contributed by atoms with Gasteiger partial charge in [-0.05, 0) is 36.4 Å². The van der Waals surface area contributed by atoms with Gasteiger partial charge < -0.3 is 14.7 Å². The summed E-state index contributed by atoms with van der Waals surface area (Å²) >= 11 is 3.46. The van der Waals surface area contributed by atoms with E-state index in [9.17, 15) is 5.11 Å². The van der Waals surface area contributed by atoms with Crippen molar-refractivity contribution in [2.45, 2.75) is 6.61 Å². The van der Waals surface area contributed by atoms with E-state index in [0.717, 1.165) is 27.2 Å². The number of ether oxygens (including phenoxy) is 1. The van der Waals surface area contributed by atoms with E-state index in [2.05, 4.69) is 15.9 Å². The maximum absolute atomic E-state index is 9.43. The van der Waals surface area contributed by atoms with Crippen LogP contribution in [0, 0.1) is 0 Å². The van der Waals surface area contributed by atoms with Crippen LogP contribution in [0.1, 0.15) is 5.56 Å². The summed E-state index contributed by atoms with van der Waals surface area (Å²) in [5.41, 5.74) is 2.90. The predicted molar refractivity (Wildman–Crippen MR) is 81.1 cm³/mol. The highest BCUT2D eigenvalue weighted by molar-refractivity contribution is 9.10. The first-order valence-electron chi connectivity index (χ1n) is 5.92. The number of hydrogen-bond donors (Lipinski definition) is 1. The molecule has 0 spiro atoms. The number of aliphatic hydroxyl groups excluding tert-OH is 1. The third-order valence-corrected chi connectivity index (χ3v) is 3.53. The van der Waals surface area contributed by atoms with Gasteiger partial charge in [-0.3, -0.25) is 0 Å². The van der Waals surface area contributed by atoms with Crippen LogP contribution in [0.25, 0.3) is 0 Å². The summed E-state index contributed by atoms with van der Waals surface area (Å²) in [6.07, 6.45) is 0. The summed E-state index contributed by atoms with van der Waals surface area (Å²) in [5, 5.41) is 9.43. The summed E-state index contributed by atoms with van der Waals surface area (Å²) in [5.74, 6) is 0.828. The number of aliphatic hydroxyl groups is 1. The number of rotatable bonds is 4. The van der Waals surface area contributed by atoms with Gasteiger partial charge in [0.2, 0.25) is 0 Å². The lowest BCUT2D eigenvalue weighted by Crippen LogP contribution is -2.11. The fourth-order valence-corrected chi connectivity index (χ4v) is 2.28. The van der Waals surface area contributed by atoms with E-state index in [1.54, 1.807) is 7.11 Å². The molecular weight excluding hydrogens is 306 g/mol. The van der Waals surface area contributed by atoms with Crippen molar-refractivity contribution in [1.82, 2.24) is 0 Å². The summed E-state index contributed by atoms with van der Waals surface area (Å²) < 4.78 is 6.14. The SMILES string of the molecule is COc1ccc(N(C)c2cc(Br)ccc2CO)cc1. The Labute approximate surface area is 121 Å². The lowest BCUT2D eigenvalue weighted by Gasteiger charge is -2.22. The third-order valence-electron chi connectivity index (χ3n) is 3.04. The third kappa shape index (κ3) is 3.08. The first-order chi connectivity index (χ1) is 9.15. The minimum absolute atomic E-state index is 0.0170. The van der Waals surface area contributed by atoms with Gasteiger partial charge in [0.15, 0.2) is 0 Å². The molecule has 0 aliphatic carbocycles. The van der Waals surface area contributed by atoms with Crippen LogP contribution in [0.2, 0.25) is 0 Å². The molecule has 2 aromatic rings. The number of halogens is 1. The van der Waals surface area contributed by atoms with Crippen LogP contribution in [-0.2, 0) is 6.61 Å². The molecule has 0 aliphatic rings. The molecule has 0 amide bonds. The van der Waals surface area contributed by atoms with Gasteiger partial charge >= 0.3 is 0 Å². The Kier molecular flexibility index (Phi) is 4.45. The van der Waals surface area contributed by atoms with Crippen molar-refractivity contribution in [3.63, 3.8) is 0 Å². The first kappa shape index (κ1) is 13.9. The van der Waals surface area contributed by atoms with E-state index in [4.69, 9.17) is 4.74 Å². The van der Waals surface area contributed by atoms with Gasteiger partial charge in [0, 0.05) is 28.5 Å². The average Bonchev–Trinajstić information content (AvgIpc) is 2.46. The van der Waals surface area contributed by atoms with Crippen molar-refractivity contribution in [3.8, 4) is 5.75 Å². The maximum Gasteiger partial charge on any atom is 0.119 e. The molecule has 2 rings (SSSR count). The van der Waals surface area contributed by atoms with Crippen LogP contribution in [0.3, 0.4) is 0 Å². The molecule has 0 saturated heterocycles. The lowest BCUT2D eigenvalue weighted by molar-refractivity contribution is 0.282. The summed E-state index contributed by atoms with van der Waals surface area (Å²) in [4.78, 5) is 2.04. The van der Waals surface area contributed by atoms with Crippen LogP contribution in [0.5, 0.6) is 5.75 Å². The van der Waals surface area contributed by atoms with Gasteiger partial charge in [-0.2, -0.15) is 0 Å². The highest BCUT2D eigenvalue weighted by Crippen LogP contribution is 2.30. The molecule has 0 atom stereocenters. The molecule has 0 aromatic heterocycles. The Morgan fingerprint density at radius 3 is 2.42 bits per heavy atom. The van der Waals surface area contributed by atoms with Crippen molar-refractivity contribution in [2.24, 2.45) is 0 Å². The highest BCUT2D eigenvalue weighted by Gasteiger charge is 2.09. The van der Waals surface area contributed by atoms with Crippen molar-refractivity contribution < 1.29 is 9.84 Å². The zero-order valence-corrected chi connectivity index (χ0v) is 12.5. The lowest BCUT2D eigenvalue weighted by atomic mass is 10.1. The molecule has 0 fully saturated rings. The summed E-state index contributed by atoms with van der Waals surface area (Å²) in [6.45, 7) is 0.0170. The molecule has 2 aromatic carbocycles. The van der Waals surface area contributed by atoms with E-state index < -0.39 is 0 Å². The van der Waals surface area contributed by atoms with Crippen molar-refractivity contribution >= 4 is 27.3 Å². The summed E-state index contributed by atoms with van der Waals surface area (Å²) in [6, 6.07) is 13.7. The molecule has 0 unspecified atom stereocenters. The molecule has 1 N–H and O–H groups in total. The molecule has 0 heterocycles. The molecule has 0 aliphatic heterocycles. The van der Waals surface area contributed by atoms with Crippen molar-refractivity contribution in [3.05, 3.63) is 52.5 Å². The standard InChI is InChI=1S/C15H16BrNO2/c1-17(13-5-7-14(19-2)8-6-13)15-9-12(16)4-3-11(15)10-18/h3-9,18H,10H2,1-2H3. The topological polar surface area (TPSA) is 32.7 Å². The maximum atomic E-state index is 9.43. The Morgan fingerprint density at radius 2 is 1.84 bits per heavy atom. The van der Waals surface area contributed by atoms with E-state index in [1.807, 2.05) is 54.4 Å². The number of benzene rings is 2. The molecule has 0 saturated carbocycles. The van der Waals surface area contributed by atoms with Crippen LogP contribution in [-0.4, -0.2) is 19.3 Å². The minimum Gasteiger partial charge on any atom is -0.497 e. The largest absolute Gasteiger partial charge is 0.497 e. The minimum atomic E-state index is 0.0170. The van der Waals surface area contributed by atoms with Crippen molar-refractivity contribution in [2.75, 3.05) is 19.1 Å².